The summed E-state index contributed by atoms with van der Waals surface area (Å²) < 4.78 is 11.0. The molecule has 2 atom stereocenters. The first-order valence-electron chi connectivity index (χ1n) is 10.9. The van der Waals surface area contributed by atoms with Crippen LogP contribution >= 0.6 is 0 Å². The van der Waals surface area contributed by atoms with Crippen molar-refractivity contribution in [2.75, 3.05) is 33.9 Å². The number of methoxy groups -OCH3 is 2. The van der Waals surface area contributed by atoms with Gasteiger partial charge in [0.05, 0.1) is 20.1 Å². The van der Waals surface area contributed by atoms with Crippen molar-refractivity contribution < 1.29 is 19.1 Å². The third-order valence-electron chi connectivity index (χ3n) is 6.34. The van der Waals surface area contributed by atoms with Gasteiger partial charge >= 0.3 is 0 Å². The van der Waals surface area contributed by atoms with Gasteiger partial charge in [0.15, 0.2) is 0 Å². The van der Waals surface area contributed by atoms with E-state index in [-0.39, 0.29) is 29.6 Å². The summed E-state index contributed by atoms with van der Waals surface area (Å²) in [6.45, 7) is 3.79. The first-order chi connectivity index (χ1) is 14.1. The fourth-order valence-corrected chi connectivity index (χ4v) is 4.64. The molecule has 0 spiro atoms. The van der Waals surface area contributed by atoms with Crippen LogP contribution in [0.5, 0.6) is 11.5 Å². The van der Waals surface area contributed by atoms with E-state index in [0.717, 1.165) is 55.6 Å². The fourth-order valence-electron chi connectivity index (χ4n) is 4.64. The van der Waals surface area contributed by atoms with Crippen molar-refractivity contribution >= 4 is 11.8 Å². The summed E-state index contributed by atoms with van der Waals surface area (Å²) in [6, 6.07) is 5.68. The summed E-state index contributed by atoms with van der Waals surface area (Å²) in [5.74, 6) is 1.42. The molecule has 0 radical (unpaired) electrons. The zero-order chi connectivity index (χ0) is 20.8. The van der Waals surface area contributed by atoms with Crippen LogP contribution in [0.25, 0.3) is 0 Å². The molecule has 2 aliphatic rings. The van der Waals surface area contributed by atoms with Crippen molar-refractivity contribution in [3.05, 3.63) is 23.8 Å². The maximum absolute atomic E-state index is 13.1. The molecule has 0 bridgehead atoms. The van der Waals surface area contributed by atoms with Crippen LogP contribution in [0.4, 0.5) is 0 Å². The Labute approximate surface area is 173 Å². The van der Waals surface area contributed by atoms with Crippen molar-refractivity contribution in [1.29, 1.82) is 0 Å². The number of amides is 2. The van der Waals surface area contributed by atoms with Gasteiger partial charge in [-0.15, -0.1) is 0 Å². The number of nitrogens with one attached hydrogen (secondary N) is 1. The second-order valence-electron chi connectivity index (χ2n) is 8.19. The molecule has 1 aliphatic carbocycles. The predicted octanol–water partition coefficient (Wildman–Crippen LogP) is 3.35. The van der Waals surface area contributed by atoms with Crippen molar-refractivity contribution in [3.8, 4) is 11.5 Å². The SMILES string of the molecule is CCCCNC(=O)[C@H]1CN(C(=O)C2CCCC2)C[C@@H]1c1cc(OC)ccc1OC. The molecule has 1 heterocycles. The quantitative estimate of drug-likeness (QED) is 0.677. The number of benzene rings is 1. The Kier molecular flexibility index (Phi) is 7.40. The van der Waals surface area contributed by atoms with E-state index in [0.29, 0.717) is 19.6 Å². The van der Waals surface area contributed by atoms with Crippen LogP contribution in [0.3, 0.4) is 0 Å². The monoisotopic (exact) mass is 402 g/mol. The van der Waals surface area contributed by atoms with E-state index in [1.165, 1.54) is 0 Å². The minimum absolute atomic E-state index is 0.0232. The van der Waals surface area contributed by atoms with Gasteiger partial charge in [-0.2, -0.15) is 0 Å². The fraction of sp³-hybridized carbons (Fsp3) is 0.652. The first-order valence-corrected chi connectivity index (χ1v) is 10.9. The van der Waals surface area contributed by atoms with E-state index >= 15 is 0 Å². The number of nitrogens with zero attached hydrogens (tertiary/aromatic N) is 1. The number of ether oxygens (including phenoxy) is 2. The molecule has 1 aromatic carbocycles. The lowest BCUT2D eigenvalue weighted by molar-refractivity contribution is -0.134. The molecular weight excluding hydrogens is 368 g/mol. The highest BCUT2D eigenvalue weighted by atomic mass is 16.5. The van der Waals surface area contributed by atoms with Crippen LogP contribution in [0.15, 0.2) is 18.2 Å². The summed E-state index contributed by atoms with van der Waals surface area (Å²) in [7, 11) is 3.27. The van der Waals surface area contributed by atoms with Gasteiger partial charge in [0, 0.05) is 37.0 Å². The lowest BCUT2D eigenvalue weighted by atomic mass is 9.87. The number of unbranched alkanes of at least 4 members (excludes halogenated alkanes) is 1. The molecule has 6 heteroatoms. The smallest absolute Gasteiger partial charge is 0.225 e. The van der Waals surface area contributed by atoms with Gasteiger partial charge in [-0.3, -0.25) is 9.59 Å². The number of likely N-dealkylation sites (tertiary alicyclic amines) is 1. The molecule has 1 aliphatic heterocycles. The van der Waals surface area contributed by atoms with Gasteiger partial charge in [-0.25, -0.2) is 0 Å². The van der Waals surface area contributed by atoms with Gasteiger partial charge in [0.25, 0.3) is 0 Å². The summed E-state index contributed by atoms with van der Waals surface area (Å²) in [6.07, 6.45) is 6.17. The highest BCUT2D eigenvalue weighted by Crippen LogP contribution is 2.40. The Bertz CT molecular complexity index is 715. The van der Waals surface area contributed by atoms with Gasteiger partial charge in [0.2, 0.25) is 11.8 Å². The Morgan fingerprint density at radius 2 is 1.90 bits per heavy atom. The molecule has 1 aromatic rings. The van der Waals surface area contributed by atoms with Crippen molar-refractivity contribution in [2.45, 2.75) is 51.4 Å². The second-order valence-corrected chi connectivity index (χ2v) is 8.19. The van der Waals surface area contributed by atoms with E-state index in [1.807, 2.05) is 23.1 Å². The molecule has 29 heavy (non-hydrogen) atoms. The zero-order valence-corrected chi connectivity index (χ0v) is 17.9. The number of carbonyl (C=O) groups excluding carboxylic acids is 2. The molecule has 0 aromatic heterocycles. The Hall–Kier alpha value is -2.24. The van der Waals surface area contributed by atoms with E-state index < -0.39 is 0 Å². The Balaban J connectivity index is 1.86. The Morgan fingerprint density at radius 1 is 1.14 bits per heavy atom. The average Bonchev–Trinajstić information content (AvgIpc) is 3.43. The van der Waals surface area contributed by atoms with E-state index in [1.54, 1.807) is 14.2 Å². The van der Waals surface area contributed by atoms with Gasteiger partial charge in [-0.05, 0) is 37.5 Å². The van der Waals surface area contributed by atoms with E-state index in [2.05, 4.69) is 12.2 Å². The molecule has 1 saturated carbocycles. The number of carbonyl (C=O) groups is 2. The molecular formula is C23H34N2O4. The topological polar surface area (TPSA) is 67.9 Å². The largest absolute Gasteiger partial charge is 0.497 e. The summed E-state index contributed by atoms with van der Waals surface area (Å²) in [4.78, 5) is 28.0. The molecule has 1 N–H and O–H groups in total. The molecule has 3 rings (SSSR count). The second kappa shape index (κ2) is 9.99. The molecule has 160 valence electrons. The number of hydrogen-bond acceptors (Lipinski definition) is 4. The number of hydrogen-bond donors (Lipinski definition) is 1. The van der Waals surface area contributed by atoms with Crippen LogP contribution in [-0.2, 0) is 9.59 Å². The lowest BCUT2D eigenvalue weighted by Gasteiger charge is -2.21. The van der Waals surface area contributed by atoms with Gasteiger partial charge in [0.1, 0.15) is 11.5 Å². The maximum Gasteiger partial charge on any atom is 0.225 e. The standard InChI is InChI=1S/C23H34N2O4/c1-4-5-12-24-22(26)20-15-25(23(27)16-8-6-7-9-16)14-19(20)18-13-17(28-2)10-11-21(18)29-3/h10-11,13,16,19-20H,4-9,12,14-15H2,1-3H3,(H,24,26)/t19-,20+/m1/s1. The first kappa shape index (κ1) is 21.5. The van der Waals surface area contributed by atoms with Crippen LogP contribution in [0.2, 0.25) is 0 Å². The predicted molar refractivity (Wildman–Crippen MR) is 112 cm³/mol. The van der Waals surface area contributed by atoms with Crippen molar-refractivity contribution in [2.24, 2.45) is 11.8 Å². The minimum atomic E-state index is -0.279. The zero-order valence-electron chi connectivity index (χ0n) is 17.9. The molecule has 2 amide bonds. The molecule has 0 unspecified atom stereocenters. The summed E-state index contributed by atoms with van der Waals surface area (Å²) in [5, 5.41) is 3.07. The van der Waals surface area contributed by atoms with Crippen LogP contribution in [0, 0.1) is 11.8 Å². The minimum Gasteiger partial charge on any atom is -0.497 e. The Morgan fingerprint density at radius 3 is 2.55 bits per heavy atom. The van der Waals surface area contributed by atoms with E-state index in [4.69, 9.17) is 9.47 Å². The third-order valence-corrected chi connectivity index (χ3v) is 6.34. The normalized spacial score (nSPS) is 22.0. The van der Waals surface area contributed by atoms with Gasteiger partial charge < -0.3 is 19.7 Å². The summed E-state index contributed by atoms with van der Waals surface area (Å²) in [5.41, 5.74) is 0.934. The highest BCUT2D eigenvalue weighted by molar-refractivity contribution is 5.84. The molecule has 2 fully saturated rings. The molecule has 6 nitrogen and oxygen atoms in total. The van der Waals surface area contributed by atoms with Crippen LogP contribution < -0.4 is 14.8 Å². The van der Waals surface area contributed by atoms with Gasteiger partial charge in [-0.1, -0.05) is 26.2 Å². The maximum atomic E-state index is 13.1. The lowest BCUT2D eigenvalue weighted by Crippen LogP contribution is -2.37. The number of rotatable bonds is 8. The highest BCUT2D eigenvalue weighted by Gasteiger charge is 2.43. The van der Waals surface area contributed by atoms with Crippen LogP contribution in [-0.4, -0.2) is 50.6 Å². The average molecular weight is 403 g/mol. The molecule has 1 saturated heterocycles. The van der Waals surface area contributed by atoms with Crippen LogP contribution in [0.1, 0.15) is 56.9 Å². The summed E-state index contributed by atoms with van der Waals surface area (Å²) >= 11 is 0. The van der Waals surface area contributed by atoms with Crippen molar-refractivity contribution in [3.63, 3.8) is 0 Å². The van der Waals surface area contributed by atoms with Crippen molar-refractivity contribution in [1.82, 2.24) is 10.2 Å². The third kappa shape index (κ3) is 4.85. The van der Waals surface area contributed by atoms with E-state index in [9.17, 15) is 9.59 Å².